The molecule has 0 aliphatic carbocycles. The van der Waals surface area contributed by atoms with Crippen LogP contribution in [0.3, 0.4) is 0 Å². The number of nitrogens with one attached hydrogen (secondary N) is 1. The average Bonchev–Trinajstić information content (AvgIpc) is 3.51. The van der Waals surface area contributed by atoms with Crippen LogP contribution in [-0.4, -0.2) is 10.8 Å². The Morgan fingerprint density at radius 1 is 0.912 bits per heavy atom. The highest BCUT2D eigenvalue weighted by Crippen LogP contribution is 2.46. The van der Waals surface area contributed by atoms with Gasteiger partial charge in [-0.25, -0.2) is 0 Å². The molecule has 0 atom stereocenters. The number of hydrogen-bond acceptors (Lipinski definition) is 4. The van der Waals surface area contributed by atoms with E-state index in [2.05, 4.69) is 71.7 Å². The summed E-state index contributed by atoms with van der Waals surface area (Å²) < 4.78 is 5.34. The zero-order chi connectivity index (χ0) is 23.3. The Labute approximate surface area is 203 Å². The van der Waals surface area contributed by atoms with Gasteiger partial charge in [0.25, 0.3) is 5.91 Å². The molecule has 1 aromatic heterocycles. The first kappa shape index (κ1) is 21.9. The van der Waals surface area contributed by atoms with E-state index in [1.165, 1.54) is 17.4 Å². The first-order valence-corrected chi connectivity index (χ1v) is 11.9. The van der Waals surface area contributed by atoms with Crippen molar-refractivity contribution >= 4 is 29.4 Å². The third kappa shape index (κ3) is 4.85. The number of carbonyl (C=O) groups is 1. The fraction of sp³-hybridized carbons (Fsp3) is 0.0690. The maximum atomic E-state index is 12.9. The van der Waals surface area contributed by atoms with Gasteiger partial charge in [0.1, 0.15) is 5.03 Å². The Morgan fingerprint density at radius 2 is 1.62 bits per heavy atom. The molecule has 4 nitrogen and oxygen atoms in total. The van der Waals surface area contributed by atoms with E-state index in [-0.39, 0.29) is 11.7 Å². The van der Waals surface area contributed by atoms with Crippen LogP contribution in [0.1, 0.15) is 32.8 Å². The monoisotopic (exact) mass is 464 g/mol. The molecule has 5 heteroatoms. The van der Waals surface area contributed by atoms with E-state index in [9.17, 15) is 4.79 Å². The molecule has 34 heavy (non-hydrogen) atoms. The van der Waals surface area contributed by atoms with Crippen LogP contribution in [0, 0.1) is 6.92 Å². The van der Waals surface area contributed by atoms with Crippen molar-refractivity contribution in [3.63, 3.8) is 0 Å². The van der Waals surface area contributed by atoms with Gasteiger partial charge in [-0.05, 0) is 36.3 Å². The SMILES string of the molecule is Cc1ccc(C2=C(NC(=O)c3ccco3)SC(=Cc3ccccc3)N2Cc2ccccc2)cc1. The van der Waals surface area contributed by atoms with Crippen LogP contribution in [-0.2, 0) is 6.54 Å². The lowest BCUT2D eigenvalue weighted by Crippen LogP contribution is -2.22. The number of nitrogens with zero attached hydrogens (tertiary/aromatic N) is 1. The zero-order valence-corrected chi connectivity index (χ0v) is 19.6. The number of furan rings is 1. The van der Waals surface area contributed by atoms with Crippen LogP contribution < -0.4 is 5.32 Å². The van der Waals surface area contributed by atoms with Crippen molar-refractivity contribution < 1.29 is 9.21 Å². The van der Waals surface area contributed by atoms with Gasteiger partial charge in [-0.15, -0.1) is 0 Å². The summed E-state index contributed by atoms with van der Waals surface area (Å²) in [5, 5.41) is 4.93. The number of thioether (sulfide) groups is 1. The lowest BCUT2D eigenvalue weighted by atomic mass is 10.1. The number of amides is 1. The van der Waals surface area contributed by atoms with E-state index in [0.717, 1.165) is 26.9 Å². The van der Waals surface area contributed by atoms with Crippen molar-refractivity contribution in [3.05, 3.63) is 141 Å². The summed E-state index contributed by atoms with van der Waals surface area (Å²) in [6.45, 7) is 2.75. The second-order valence-electron chi connectivity index (χ2n) is 8.04. The molecule has 1 N–H and O–H groups in total. The minimum absolute atomic E-state index is 0.266. The number of benzene rings is 3. The summed E-state index contributed by atoms with van der Waals surface area (Å²) in [5.74, 6) is 0.0178. The molecular weight excluding hydrogens is 440 g/mol. The van der Waals surface area contributed by atoms with Gasteiger partial charge < -0.3 is 14.6 Å². The number of hydrogen-bond donors (Lipinski definition) is 1. The molecule has 4 aromatic rings. The molecular formula is C29H24N2O2S. The Kier molecular flexibility index (Phi) is 6.36. The Balaban J connectivity index is 1.60. The van der Waals surface area contributed by atoms with Gasteiger partial charge in [-0.1, -0.05) is 102 Å². The van der Waals surface area contributed by atoms with Crippen LogP contribution >= 0.6 is 11.8 Å². The molecule has 168 valence electrons. The topological polar surface area (TPSA) is 45.5 Å². The van der Waals surface area contributed by atoms with Crippen LogP contribution in [0.5, 0.6) is 0 Å². The average molecular weight is 465 g/mol. The normalized spacial score (nSPS) is 14.6. The predicted molar refractivity (Wildman–Crippen MR) is 138 cm³/mol. The molecule has 1 amide bonds. The zero-order valence-electron chi connectivity index (χ0n) is 18.8. The van der Waals surface area contributed by atoms with Crippen molar-refractivity contribution in [2.75, 3.05) is 0 Å². The van der Waals surface area contributed by atoms with Crippen LogP contribution in [0.15, 0.2) is 118 Å². The first-order chi connectivity index (χ1) is 16.7. The van der Waals surface area contributed by atoms with Gasteiger partial charge in [0.05, 0.1) is 17.0 Å². The van der Waals surface area contributed by atoms with Gasteiger partial charge in [-0.2, -0.15) is 0 Å². The predicted octanol–water partition coefficient (Wildman–Crippen LogP) is 6.89. The van der Waals surface area contributed by atoms with E-state index in [1.807, 2.05) is 36.4 Å². The van der Waals surface area contributed by atoms with Crippen molar-refractivity contribution in [2.24, 2.45) is 0 Å². The minimum Gasteiger partial charge on any atom is -0.459 e. The molecule has 0 unspecified atom stereocenters. The molecule has 2 heterocycles. The van der Waals surface area contributed by atoms with Crippen LogP contribution in [0.25, 0.3) is 11.8 Å². The minimum atomic E-state index is -0.266. The van der Waals surface area contributed by atoms with E-state index < -0.39 is 0 Å². The van der Waals surface area contributed by atoms with Gasteiger partial charge in [0.15, 0.2) is 5.76 Å². The first-order valence-electron chi connectivity index (χ1n) is 11.1. The lowest BCUT2D eigenvalue weighted by molar-refractivity contribution is 0.0941. The maximum absolute atomic E-state index is 12.9. The van der Waals surface area contributed by atoms with Crippen molar-refractivity contribution in [1.82, 2.24) is 10.2 Å². The summed E-state index contributed by atoms with van der Waals surface area (Å²) >= 11 is 1.56. The Hall–Kier alpha value is -3.96. The van der Waals surface area contributed by atoms with Gasteiger partial charge >= 0.3 is 0 Å². The molecule has 0 bridgehead atoms. The molecule has 0 saturated heterocycles. The molecule has 0 saturated carbocycles. The quantitative estimate of drug-likeness (QED) is 0.337. The second-order valence-corrected chi connectivity index (χ2v) is 9.07. The van der Waals surface area contributed by atoms with E-state index >= 15 is 0 Å². The number of carbonyl (C=O) groups excluding carboxylic acids is 1. The summed E-state index contributed by atoms with van der Waals surface area (Å²) in [7, 11) is 0. The van der Waals surface area contributed by atoms with E-state index in [0.29, 0.717) is 6.54 Å². The van der Waals surface area contributed by atoms with Gasteiger partial charge in [0, 0.05) is 12.1 Å². The Morgan fingerprint density at radius 3 is 2.29 bits per heavy atom. The van der Waals surface area contributed by atoms with Crippen molar-refractivity contribution in [1.29, 1.82) is 0 Å². The summed E-state index contributed by atoms with van der Waals surface area (Å²) in [6.07, 6.45) is 3.67. The summed E-state index contributed by atoms with van der Waals surface area (Å²) in [4.78, 5) is 15.2. The number of aryl methyl sites for hydroxylation is 1. The highest BCUT2D eigenvalue weighted by molar-refractivity contribution is 8.07. The maximum Gasteiger partial charge on any atom is 0.291 e. The van der Waals surface area contributed by atoms with E-state index in [4.69, 9.17) is 4.42 Å². The van der Waals surface area contributed by atoms with Crippen LogP contribution in [0.2, 0.25) is 0 Å². The summed E-state index contributed by atoms with van der Waals surface area (Å²) in [6, 6.07) is 32.4. The summed E-state index contributed by atoms with van der Waals surface area (Å²) in [5.41, 5.74) is 5.48. The molecule has 1 aliphatic heterocycles. The van der Waals surface area contributed by atoms with Gasteiger partial charge in [-0.3, -0.25) is 4.79 Å². The highest BCUT2D eigenvalue weighted by Gasteiger charge is 2.31. The molecule has 1 aliphatic rings. The van der Waals surface area contributed by atoms with Gasteiger partial charge in [0.2, 0.25) is 0 Å². The van der Waals surface area contributed by atoms with Crippen LogP contribution in [0.4, 0.5) is 0 Å². The lowest BCUT2D eigenvalue weighted by Gasteiger charge is -2.24. The molecule has 0 fully saturated rings. The molecule has 0 spiro atoms. The van der Waals surface area contributed by atoms with E-state index in [1.54, 1.807) is 23.9 Å². The molecule has 0 radical (unpaired) electrons. The highest BCUT2D eigenvalue weighted by atomic mass is 32.2. The fourth-order valence-corrected chi connectivity index (χ4v) is 4.96. The molecule has 5 rings (SSSR count). The third-order valence-corrected chi connectivity index (χ3v) is 6.57. The van der Waals surface area contributed by atoms with Crippen molar-refractivity contribution in [3.8, 4) is 0 Å². The molecule has 3 aromatic carbocycles. The Bertz CT molecular complexity index is 1330. The van der Waals surface area contributed by atoms with Crippen molar-refractivity contribution in [2.45, 2.75) is 13.5 Å². The standard InChI is InChI=1S/C29H24N2O2S/c1-21-14-16-24(17-15-21)27-29(30-28(32)25-13-8-18-33-25)34-26(19-22-9-4-2-5-10-22)31(27)20-23-11-6-3-7-12-23/h2-19H,20H2,1H3,(H,30,32). The smallest absolute Gasteiger partial charge is 0.291 e. The number of rotatable bonds is 6. The second kappa shape index (κ2) is 9.89. The third-order valence-electron chi connectivity index (χ3n) is 5.53. The fourth-order valence-electron chi connectivity index (χ4n) is 3.82. The largest absolute Gasteiger partial charge is 0.459 e.